The standard InChI is InChI=1S/C23H20FN3S/c24-20-11-5-7-13-22(20)27-23(28)26-14-18(16-8-2-1-3-9-16)19-15-25-21-12-6-4-10-17(19)21/h1-13,15,18,25H,14H2,(H2,26,27,28)/t18-/m1/s1. The number of nitrogens with one attached hydrogen (secondary N) is 3. The second-order valence-corrected chi connectivity index (χ2v) is 6.98. The Hall–Kier alpha value is -3.18. The van der Waals surface area contributed by atoms with E-state index in [-0.39, 0.29) is 11.7 Å². The van der Waals surface area contributed by atoms with E-state index in [0.29, 0.717) is 17.3 Å². The molecule has 4 aromatic rings. The lowest BCUT2D eigenvalue weighted by molar-refractivity contribution is 0.632. The summed E-state index contributed by atoms with van der Waals surface area (Å²) in [6.07, 6.45) is 2.05. The largest absolute Gasteiger partial charge is 0.361 e. The van der Waals surface area contributed by atoms with Crippen LogP contribution < -0.4 is 10.6 Å². The molecule has 0 saturated carbocycles. The van der Waals surface area contributed by atoms with Gasteiger partial charge in [0.15, 0.2) is 5.11 Å². The van der Waals surface area contributed by atoms with Crippen LogP contribution in [-0.4, -0.2) is 16.6 Å². The van der Waals surface area contributed by atoms with E-state index in [0.717, 1.165) is 5.52 Å². The van der Waals surface area contributed by atoms with Gasteiger partial charge in [0.2, 0.25) is 0 Å². The van der Waals surface area contributed by atoms with Gasteiger partial charge in [0, 0.05) is 29.6 Å². The van der Waals surface area contributed by atoms with Crippen LogP contribution in [0.2, 0.25) is 0 Å². The molecule has 1 aromatic heterocycles. The average Bonchev–Trinajstić information content (AvgIpc) is 3.15. The molecule has 0 radical (unpaired) electrons. The van der Waals surface area contributed by atoms with Gasteiger partial charge in [0.25, 0.3) is 0 Å². The molecule has 140 valence electrons. The summed E-state index contributed by atoms with van der Waals surface area (Å²) >= 11 is 5.39. The van der Waals surface area contributed by atoms with Crippen LogP contribution in [0.25, 0.3) is 10.9 Å². The zero-order valence-corrected chi connectivity index (χ0v) is 16.0. The third-order valence-electron chi connectivity index (χ3n) is 4.79. The molecule has 0 bridgehead atoms. The van der Waals surface area contributed by atoms with Crippen molar-refractivity contribution in [1.29, 1.82) is 0 Å². The van der Waals surface area contributed by atoms with Gasteiger partial charge in [0.05, 0.1) is 5.69 Å². The Morgan fingerprint density at radius 1 is 0.929 bits per heavy atom. The van der Waals surface area contributed by atoms with Crippen LogP contribution >= 0.6 is 12.2 Å². The Morgan fingerprint density at radius 3 is 2.46 bits per heavy atom. The second kappa shape index (κ2) is 8.23. The monoisotopic (exact) mass is 389 g/mol. The highest BCUT2D eigenvalue weighted by atomic mass is 32.1. The quantitative estimate of drug-likeness (QED) is 0.399. The molecule has 5 heteroatoms. The molecule has 3 aromatic carbocycles. The number of benzene rings is 3. The summed E-state index contributed by atoms with van der Waals surface area (Å²) < 4.78 is 13.9. The molecule has 1 heterocycles. The summed E-state index contributed by atoms with van der Waals surface area (Å²) in [4.78, 5) is 3.35. The number of hydrogen-bond donors (Lipinski definition) is 3. The number of halogens is 1. The maximum Gasteiger partial charge on any atom is 0.170 e. The number of aromatic nitrogens is 1. The van der Waals surface area contributed by atoms with Crippen LogP contribution in [0.4, 0.5) is 10.1 Å². The lowest BCUT2D eigenvalue weighted by atomic mass is 9.91. The Bertz CT molecular complexity index is 1090. The van der Waals surface area contributed by atoms with Crippen molar-refractivity contribution in [2.24, 2.45) is 0 Å². The molecule has 0 amide bonds. The molecule has 1 atom stereocenters. The third-order valence-corrected chi connectivity index (χ3v) is 5.03. The SMILES string of the molecule is Fc1ccccc1NC(=S)NC[C@H](c1ccccc1)c1c[nH]c2ccccc12. The van der Waals surface area contributed by atoms with Gasteiger partial charge >= 0.3 is 0 Å². The first-order valence-corrected chi connectivity index (χ1v) is 9.53. The zero-order valence-electron chi connectivity index (χ0n) is 15.2. The number of H-pyrrole nitrogens is 1. The predicted octanol–water partition coefficient (Wildman–Crippen LogP) is 5.43. The van der Waals surface area contributed by atoms with Gasteiger partial charge in [-0.3, -0.25) is 0 Å². The number of rotatable bonds is 5. The van der Waals surface area contributed by atoms with E-state index < -0.39 is 0 Å². The molecule has 0 saturated heterocycles. The van der Waals surface area contributed by atoms with E-state index >= 15 is 0 Å². The van der Waals surface area contributed by atoms with E-state index in [1.54, 1.807) is 18.2 Å². The van der Waals surface area contributed by atoms with Gasteiger partial charge in [-0.15, -0.1) is 0 Å². The first-order chi connectivity index (χ1) is 13.7. The van der Waals surface area contributed by atoms with Gasteiger partial charge in [-0.1, -0.05) is 60.7 Å². The van der Waals surface area contributed by atoms with Crippen molar-refractivity contribution in [3.63, 3.8) is 0 Å². The highest BCUT2D eigenvalue weighted by molar-refractivity contribution is 7.80. The summed E-state index contributed by atoms with van der Waals surface area (Å²) in [6, 6.07) is 25.0. The number of para-hydroxylation sites is 2. The highest BCUT2D eigenvalue weighted by Crippen LogP contribution is 2.30. The van der Waals surface area contributed by atoms with Gasteiger partial charge in [-0.25, -0.2) is 4.39 Å². The third kappa shape index (κ3) is 3.89. The van der Waals surface area contributed by atoms with Crippen molar-refractivity contribution < 1.29 is 4.39 Å². The molecule has 0 fully saturated rings. The molecule has 3 nitrogen and oxygen atoms in total. The first kappa shape index (κ1) is 18.2. The van der Waals surface area contributed by atoms with Crippen LogP contribution in [-0.2, 0) is 0 Å². The van der Waals surface area contributed by atoms with Crippen LogP contribution in [0.5, 0.6) is 0 Å². The molecule has 4 rings (SSSR count). The fraction of sp³-hybridized carbons (Fsp3) is 0.0870. The summed E-state index contributed by atoms with van der Waals surface area (Å²) in [5, 5.41) is 7.77. The zero-order chi connectivity index (χ0) is 19.3. The van der Waals surface area contributed by atoms with Crippen molar-refractivity contribution in [3.8, 4) is 0 Å². The van der Waals surface area contributed by atoms with Crippen LogP contribution in [0.1, 0.15) is 17.0 Å². The minimum absolute atomic E-state index is 0.0951. The van der Waals surface area contributed by atoms with Gasteiger partial charge in [-0.05, 0) is 41.5 Å². The summed E-state index contributed by atoms with van der Waals surface area (Å²) in [6.45, 7) is 0.589. The molecule has 3 N–H and O–H groups in total. The van der Waals surface area contributed by atoms with E-state index in [9.17, 15) is 4.39 Å². The Balaban J connectivity index is 1.57. The maximum atomic E-state index is 13.9. The van der Waals surface area contributed by atoms with Crippen LogP contribution in [0, 0.1) is 5.82 Å². The van der Waals surface area contributed by atoms with E-state index in [1.165, 1.54) is 22.6 Å². The topological polar surface area (TPSA) is 39.8 Å². The van der Waals surface area contributed by atoms with E-state index in [4.69, 9.17) is 12.2 Å². The Kier molecular flexibility index (Phi) is 5.35. The summed E-state index contributed by atoms with van der Waals surface area (Å²) in [5.41, 5.74) is 3.85. The number of hydrogen-bond acceptors (Lipinski definition) is 1. The normalized spacial score (nSPS) is 11.9. The number of thiocarbonyl (C=S) groups is 1. The number of aromatic amines is 1. The predicted molar refractivity (Wildman–Crippen MR) is 117 cm³/mol. The number of anilines is 1. The molecular formula is C23H20FN3S. The van der Waals surface area contributed by atoms with Crippen molar-refractivity contribution in [3.05, 3.63) is 102 Å². The second-order valence-electron chi connectivity index (χ2n) is 6.57. The van der Waals surface area contributed by atoms with Crippen molar-refractivity contribution in [2.75, 3.05) is 11.9 Å². The highest BCUT2D eigenvalue weighted by Gasteiger charge is 2.18. The Morgan fingerprint density at radius 2 is 1.64 bits per heavy atom. The smallest absolute Gasteiger partial charge is 0.170 e. The lowest BCUT2D eigenvalue weighted by Crippen LogP contribution is -2.32. The molecular weight excluding hydrogens is 369 g/mol. The summed E-state index contributed by atoms with van der Waals surface area (Å²) in [5.74, 6) is -0.236. The summed E-state index contributed by atoms with van der Waals surface area (Å²) in [7, 11) is 0. The molecule has 0 aliphatic heterocycles. The fourth-order valence-corrected chi connectivity index (χ4v) is 3.59. The van der Waals surface area contributed by atoms with Gasteiger partial charge in [-0.2, -0.15) is 0 Å². The fourth-order valence-electron chi connectivity index (χ4n) is 3.40. The number of fused-ring (bicyclic) bond motifs is 1. The minimum Gasteiger partial charge on any atom is -0.361 e. The van der Waals surface area contributed by atoms with E-state index in [1.807, 2.05) is 30.3 Å². The maximum absolute atomic E-state index is 13.9. The molecule has 0 unspecified atom stereocenters. The molecule has 0 aliphatic carbocycles. The van der Waals surface area contributed by atoms with Crippen molar-refractivity contribution in [1.82, 2.24) is 10.3 Å². The minimum atomic E-state index is -0.331. The van der Waals surface area contributed by atoms with Gasteiger partial charge in [0.1, 0.15) is 5.82 Å². The molecule has 0 aliphatic rings. The first-order valence-electron chi connectivity index (χ1n) is 9.12. The van der Waals surface area contributed by atoms with Gasteiger partial charge < -0.3 is 15.6 Å². The molecule has 28 heavy (non-hydrogen) atoms. The van der Waals surface area contributed by atoms with Crippen LogP contribution in [0.3, 0.4) is 0 Å². The Labute approximate surface area is 168 Å². The average molecular weight is 389 g/mol. The molecule has 0 spiro atoms. The van der Waals surface area contributed by atoms with E-state index in [2.05, 4.69) is 46.1 Å². The lowest BCUT2D eigenvalue weighted by Gasteiger charge is -2.20. The van der Waals surface area contributed by atoms with Crippen molar-refractivity contribution >= 4 is 33.9 Å². The van der Waals surface area contributed by atoms with Crippen LogP contribution in [0.15, 0.2) is 85.1 Å². The van der Waals surface area contributed by atoms with Crippen molar-refractivity contribution in [2.45, 2.75) is 5.92 Å².